The van der Waals surface area contributed by atoms with Gasteiger partial charge in [0.2, 0.25) is 10.0 Å². The van der Waals surface area contributed by atoms with Gasteiger partial charge in [0.1, 0.15) is 0 Å². The highest BCUT2D eigenvalue weighted by Crippen LogP contribution is 2.28. The number of hydrogen-bond donors (Lipinski definition) is 2. The fourth-order valence-electron chi connectivity index (χ4n) is 1.92. The van der Waals surface area contributed by atoms with Gasteiger partial charge in [-0.2, -0.15) is 0 Å². The normalized spacial score (nSPS) is 11.3. The number of rotatable bonds is 5. The summed E-state index contributed by atoms with van der Waals surface area (Å²) in [5.41, 5.74) is 8.41. The van der Waals surface area contributed by atoms with Gasteiger partial charge in [0.15, 0.2) is 0 Å². The number of aryl methyl sites for hydroxylation is 2. The number of nitrogen functional groups attached to an aromatic ring is 1. The molecule has 3 N–H and O–H groups in total. The van der Waals surface area contributed by atoms with E-state index in [2.05, 4.69) is 25.6 Å². The number of sulfonamides is 1. The fraction of sp³-hybridized carbons (Fsp3) is 0.214. The highest BCUT2D eigenvalue weighted by molar-refractivity contribution is 9.10. The van der Waals surface area contributed by atoms with Gasteiger partial charge in [-0.3, -0.25) is 9.71 Å². The lowest BCUT2D eigenvalue weighted by molar-refractivity contribution is 0.600. The summed E-state index contributed by atoms with van der Waals surface area (Å²) in [5, 5.41) is 0. The molecule has 0 amide bonds. The van der Waals surface area contributed by atoms with E-state index in [0.717, 1.165) is 15.6 Å². The van der Waals surface area contributed by atoms with Crippen LogP contribution in [0, 0.1) is 6.92 Å². The van der Waals surface area contributed by atoms with Crippen molar-refractivity contribution in [1.82, 2.24) is 4.98 Å². The quantitative estimate of drug-likeness (QED) is 0.793. The third-order valence-corrected chi connectivity index (χ3v) is 4.71. The second-order valence-corrected chi connectivity index (χ2v) is 7.47. The van der Waals surface area contributed by atoms with Crippen LogP contribution in [0.1, 0.15) is 11.1 Å². The highest BCUT2D eigenvalue weighted by Gasteiger charge is 2.14. The number of benzene rings is 1. The van der Waals surface area contributed by atoms with Gasteiger partial charge in [-0.25, -0.2) is 8.42 Å². The average Bonchev–Trinajstić information content (AvgIpc) is 2.42. The van der Waals surface area contributed by atoms with E-state index in [1.807, 2.05) is 13.0 Å². The van der Waals surface area contributed by atoms with Crippen molar-refractivity contribution in [3.63, 3.8) is 0 Å². The molecule has 1 aromatic heterocycles. The summed E-state index contributed by atoms with van der Waals surface area (Å²) in [7, 11) is -3.46. The first-order valence-corrected chi connectivity index (χ1v) is 8.77. The molecule has 0 radical (unpaired) electrons. The Balaban J connectivity index is 2.11. The third kappa shape index (κ3) is 4.44. The predicted octanol–water partition coefficient (Wildman–Crippen LogP) is 2.72. The van der Waals surface area contributed by atoms with Crippen LogP contribution >= 0.6 is 15.9 Å². The van der Waals surface area contributed by atoms with E-state index in [1.165, 1.54) is 0 Å². The summed E-state index contributed by atoms with van der Waals surface area (Å²) in [4.78, 5) is 3.90. The van der Waals surface area contributed by atoms with Gasteiger partial charge in [-0.15, -0.1) is 0 Å². The number of halogens is 1. The first-order valence-electron chi connectivity index (χ1n) is 6.32. The first-order chi connectivity index (χ1) is 9.87. The molecule has 0 aliphatic rings. The number of hydrogen-bond acceptors (Lipinski definition) is 4. The Morgan fingerprint density at radius 2 is 1.95 bits per heavy atom. The molecule has 112 valence electrons. The first kappa shape index (κ1) is 15.8. The minimum absolute atomic E-state index is 0.00798. The van der Waals surface area contributed by atoms with E-state index in [0.29, 0.717) is 17.8 Å². The van der Waals surface area contributed by atoms with Crippen molar-refractivity contribution in [2.75, 3.05) is 16.2 Å². The summed E-state index contributed by atoms with van der Waals surface area (Å²) < 4.78 is 27.7. The van der Waals surface area contributed by atoms with Crippen LogP contribution in [0.4, 0.5) is 11.4 Å². The van der Waals surface area contributed by atoms with Gasteiger partial charge in [0, 0.05) is 16.9 Å². The number of nitrogens with one attached hydrogen (secondary N) is 1. The van der Waals surface area contributed by atoms with Crippen LogP contribution in [0.5, 0.6) is 0 Å². The second-order valence-electron chi connectivity index (χ2n) is 4.71. The zero-order valence-corrected chi connectivity index (χ0v) is 13.9. The number of pyridine rings is 1. The molecular weight excluding hydrogens is 354 g/mol. The second kappa shape index (κ2) is 6.44. The molecule has 5 nitrogen and oxygen atoms in total. The smallest absolute Gasteiger partial charge is 0.233 e. The molecule has 1 heterocycles. The molecule has 1 aromatic carbocycles. The van der Waals surface area contributed by atoms with Crippen LogP contribution < -0.4 is 10.5 Å². The fourth-order valence-corrected chi connectivity index (χ4v) is 3.70. The number of anilines is 2. The minimum atomic E-state index is -3.46. The van der Waals surface area contributed by atoms with Gasteiger partial charge < -0.3 is 5.73 Å². The van der Waals surface area contributed by atoms with Crippen molar-refractivity contribution < 1.29 is 8.42 Å². The van der Waals surface area contributed by atoms with E-state index < -0.39 is 10.0 Å². The van der Waals surface area contributed by atoms with E-state index >= 15 is 0 Å². The zero-order chi connectivity index (χ0) is 15.5. The molecule has 0 atom stereocenters. The standard InChI is InChI=1S/C14H16BrN3O2S/c1-10-8-12(15)9-13(16)14(10)18-21(19,20)7-4-11-2-5-17-6-3-11/h2-3,5-6,8-9,18H,4,7,16H2,1H3. The summed E-state index contributed by atoms with van der Waals surface area (Å²) in [6.07, 6.45) is 3.71. The molecule has 7 heteroatoms. The zero-order valence-electron chi connectivity index (χ0n) is 11.5. The summed E-state index contributed by atoms with van der Waals surface area (Å²) in [6, 6.07) is 7.09. The van der Waals surface area contributed by atoms with Crippen LogP contribution in [0.3, 0.4) is 0 Å². The third-order valence-electron chi connectivity index (χ3n) is 3.00. The van der Waals surface area contributed by atoms with E-state index in [-0.39, 0.29) is 5.75 Å². The Labute approximate surface area is 132 Å². The predicted molar refractivity (Wildman–Crippen MR) is 88.6 cm³/mol. The van der Waals surface area contributed by atoms with Gasteiger partial charge in [-0.1, -0.05) is 15.9 Å². The molecule has 0 saturated heterocycles. The van der Waals surface area contributed by atoms with Gasteiger partial charge in [0.25, 0.3) is 0 Å². The molecule has 0 fully saturated rings. The Kier molecular flexibility index (Phi) is 4.84. The van der Waals surface area contributed by atoms with Crippen molar-refractivity contribution in [2.45, 2.75) is 13.3 Å². The number of nitrogens with two attached hydrogens (primary N) is 1. The topological polar surface area (TPSA) is 85.1 Å². The molecule has 2 aromatic rings. The lowest BCUT2D eigenvalue weighted by Crippen LogP contribution is -2.19. The molecule has 2 rings (SSSR count). The summed E-state index contributed by atoms with van der Waals surface area (Å²) in [5.74, 6) is -0.00798. The van der Waals surface area contributed by atoms with E-state index in [4.69, 9.17) is 5.73 Å². The summed E-state index contributed by atoms with van der Waals surface area (Å²) >= 11 is 3.32. The van der Waals surface area contributed by atoms with Crippen LogP contribution in [0.15, 0.2) is 41.1 Å². The van der Waals surface area contributed by atoms with Crippen molar-refractivity contribution in [2.24, 2.45) is 0 Å². The van der Waals surface area contributed by atoms with Crippen molar-refractivity contribution >= 4 is 37.3 Å². The van der Waals surface area contributed by atoms with Gasteiger partial charge in [0.05, 0.1) is 17.1 Å². The Morgan fingerprint density at radius 1 is 1.29 bits per heavy atom. The number of aromatic nitrogens is 1. The largest absolute Gasteiger partial charge is 0.397 e. The maximum atomic E-state index is 12.2. The van der Waals surface area contributed by atoms with Crippen LogP contribution in [0.25, 0.3) is 0 Å². The van der Waals surface area contributed by atoms with Crippen LogP contribution in [0.2, 0.25) is 0 Å². The SMILES string of the molecule is Cc1cc(Br)cc(N)c1NS(=O)(=O)CCc1ccncc1. The van der Waals surface area contributed by atoms with E-state index in [1.54, 1.807) is 30.6 Å². The molecule has 0 bridgehead atoms. The minimum Gasteiger partial charge on any atom is -0.397 e. The maximum absolute atomic E-state index is 12.2. The van der Waals surface area contributed by atoms with Gasteiger partial charge in [-0.05, 0) is 48.7 Å². The molecule has 0 unspecified atom stereocenters. The molecular formula is C14H16BrN3O2S. The van der Waals surface area contributed by atoms with Crippen molar-refractivity contribution in [1.29, 1.82) is 0 Å². The van der Waals surface area contributed by atoms with E-state index in [9.17, 15) is 8.42 Å². The van der Waals surface area contributed by atoms with Crippen LogP contribution in [-0.2, 0) is 16.4 Å². The molecule has 0 aliphatic carbocycles. The molecule has 0 aliphatic heterocycles. The lowest BCUT2D eigenvalue weighted by Gasteiger charge is -2.13. The van der Waals surface area contributed by atoms with Crippen molar-refractivity contribution in [3.8, 4) is 0 Å². The highest BCUT2D eigenvalue weighted by atomic mass is 79.9. The Hall–Kier alpha value is -1.60. The summed E-state index contributed by atoms with van der Waals surface area (Å²) in [6.45, 7) is 1.81. The number of nitrogens with zero attached hydrogens (tertiary/aromatic N) is 1. The Morgan fingerprint density at radius 3 is 2.57 bits per heavy atom. The lowest BCUT2D eigenvalue weighted by atomic mass is 10.2. The molecule has 0 saturated carbocycles. The van der Waals surface area contributed by atoms with Crippen molar-refractivity contribution in [3.05, 3.63) is 52.3 Å². The average molecular weight is 370 g/mol. The van der Waals surface area contributed by atoms with Crippen LogP contribution in [-0.4, -0.2) is 19.2 Å². The van der Waals surface area contributed by atoms with Gasteiger partial charge >= 0.3 is 0 Å². The Bertz CT molecular complexity index is 710. The maximum Gasteiger partial charge on any atom is 0.233 e. The molecule has 0 spiro atoms. The monoisotopic (exact) mass is 369 g/mol. The molecule has 21 heavy (non-hydrogen) atoms.